The van der Waals surface area contributed by atoms with Gasteiger partial charge in [0.2, 0.25) is 5.91 Å². The number of nitrogens with zero attached hydrogens (tertiary/aromatic N) is 1. The quantitative estimate of drug-likeness (QED) is 0.486. The van der Waals surface area contributed by atoms with E-state index in [4.69, 9.17) is 0 Å². The van der Waals surface area contributed by atoms with Crippen molar-refractivity contribution in [3.05, 3.63) is 80.2 Å². The maximum atomic E-state index is 13.4. The number of thiophene rings is 2. The molecule has 2 aromatic heterocycles. The minimum absolute atomic E-state index is 0.0726. The minimum Gasteiger partial charge on any atom is -0.507 e. The summed E-state index contributed by atoms with van der Waals surface area (Å²) in [6.07, 6.45) is 3.00. The number of para-hydroxylation sites is 1. The average molecular weight is 422 g/mol. The Bertz CT molecular complexity index is 1090. The van der Waals surface area contributed by atoms with Crippen molar-refractivity contribution in [2.75, 3.05) is 6.54 Å². The number of Topliss-reactive ketones (excluding diaryl/α,β-unsaturated/α-hetero) is 1. The molecule has 2 saturated heterocycles. The maximum Gasteiger partial charge on any atom is 0.234 e. The van der Waals surface area contributed by atoms with Crippen LogP contribution in [0, 0.1) is 5.92 Å². The lowest BCUT2D eigenvalue weighted by atomic mass is 9.81. The number of hydrogen-bond acceptors (Lipinski definition) is 5. The number of carbonyl (C=O) groups excluding carboxylic acids is 2. The number of ketones is 1. The van der Waals surface area contributed by atoms with Gasteiger partial charge in [0.25, 0.3) is 0 Å². The second-order valence-electron chi connectivity index (χ2n) is 7.36. The highest BCUT2D eigenvalue weighted by Crippen LogP contribution is 2.49. The van der Waals surface area contributed by atoms with E-state index in [1.807, 2.05) is 33.9 Å². The Morgan fingerprint density at radius 1 is 1.07 bits per heavy atom. The first-order valence-corrected chi connectivity index (χ1v) is 11.3. The summed E-state index contributed by atoms with van der Waals surface area (Å²) >= 11 is 3.26. The Balaban J connectivity index is 1.60. The van der Waals surface area contributed by atoms with Gasteiger partial charge in [-0.05, 0) is 53.1 Å². The van der Waals surface area contributed by atoms with Crippen LogP contribution in [0.2, 0.25) is 0 Å². The molecule has 2 aliphatic rings. The summed E-state index contributed by atoms with van der Waals surface area (Å²) in [5, 5.41) is 14.2. The van der Waals surface area contributed by atoms with Gasteiger partial charge in [0.1, 0.15) is 11.7 Å². The van der Waals surface area contributed by atoms with Crippen LogP contribution in [-0.4, -0.2) is 34.3 Å². The number of phenolic OH excluding ortho intramolecular Hbond substituents is 1. The number of phenols is 1. The first-order chi connectivity index (χ1) is 14.1. The molecular formula is C23H19NO3S2. The second-order valence-corrected chi connectivity index (χ2v) is 9.32. The average Bonchev–Trinajstić information content (AvgIpc) is 3.49. The van der Waals surface area contributed by atoms with Gasteiger partial charge in [0.05, 0.1) is 11.6 Å². The predicted octanol–water partition coefficient (Wildman–Crippen LogP) is 4.80. The summed E-state index contributed by atoms with van der Waals surface area (Å²) in [4.78, 5) is 30.9. The van der Waals surface area contributed by atoms with Crippen molar-refractivity contribution >= 4 is 40.4 Å². The highest BCUT2D eigenvalue weighted by Gasteiger charge is 2.55. The molecule has 0 spiro atoms. The Morgan fingerprint density at radius 3 is 2.59 bits per heavy atom. The second kappa shape index (κ2) is 7.28. The fraction of sp³-hybridized carbons (Fsp3) is 0.217. The molecule has 0 aliphatic carbocycles. The van der Waals surface area contributed by atoms with E-state index in [1.54, 1.807) is 40.9 Å². The van der Waals surface area contributed by atoms with Crippen molar-refractivity contribution in [3.63, 3.8) is 0 Å². The summed E-state index contributed by atoms with van der Waals surface area (Å²) < 4.78 is 0. The third-order valence-corrected chi connectivity index (χ3v) is 7.59. The van der Waals surface area contributed by atoms with Crippen molar-refractivity contribution < 1.29 is 14.7 Å². The molecule has 1 amide bonds. The van der Waals surface area contributed by atoms with Crippen LogP contribution in [0.3, 0.4) is 0 Å². The van der Waals surface area contributed by atoms with Crippen LogP contribution in [0.5, 0.6) is 5.75 Å². The van der Waals surface area contributed by atoms with Crippen LogP contribution < -0.4 is 0 Å². The van der Waals surface area contributed by atoms with Gasteiger partial charge in [-0.2, -0.15) is 0 Å². The van der Waals surface area contributed by atoms with E-state index in [9.17, 15) is 14.7 Å². The van der Waals surface area contributed by atoms with Crippen LogP contribution >= 0.6 is 22.7 Å². The molecule has 29 heavy (non-hydrogen) atoms. The number of carbonyl (C=O) groups is 2. The molecule has 4 nitrogen and oxygen atoms in total. The molecule has 1 aromatic carbocycles. The fourth-order valence-electron chi connectivity index (χ4n) is 4.56. The smallest absolute Gasteiger partial charge is 0.234 e. The summed E-state index contributed by atoms with van der Waals surface area (Å²) in [6, 6.07) is 14.5. The van der Waals surface area contributed by atoms with E-state index in [0.29, 0.717) is 6.54 Å². The zero-order chi connectivity index (χ0) is 20.0. The number of hydrogen-bond donors (Lipinski definition) is 1. The Labute approximate surface area is 176 Å². The summed E-state index contributed by atoms with van der Waals surface area (Å²) in [7, 11) is 0. The molecule has 146 valence electrons. The van der Waals surface area contributed by atoms with E-state index in [-0.39, 0.29) is 35.0 Å². The number of rotatable bonds is 4. The van der Waals surface area contributed by atoms with Gasteiger partial charge in [-0.25, -0.2) is 0 Å². The van der Waals surface area contributed by atoms with Gasteiger partial charge in [-0.1, -0.05) is 24.3 Å². The van der Waals surface area contributed by atoms with Crippen molar-refractivity contribution in [3.8, 4) is 5.75 Å². The number of amides is 1. The molecule has 0 radical (unpaired) electrons. The maximum absolute atomic E-state index is 13.4. The van der Waals surface area contributed by atoms with E-state index >= 15 is 0 Å². The standard InChI is InChI=1S/C23H19NO3S2/c25-17-7-2-1-6-16(17)22(26)20-19(18-8-4-12-29-18)21-14(9-10-24(21)23(20)27)13-15-5-3-11-28-15/h1-8,11-13,19-21,25H,9-10H2/b14-13+/t19-,20+,21+/m1/s1. The number of aromatic hydroxyl groups is 1. The molecule has 5 rings (SSSR count). The molecule has 3 aromatic rings. The molecular weight excluding hydrogens is 402 g/mol. The molecule has 2 fully saturated rings. The Hall–Kier alpha value is -2.70. The fourth-order valence-corrected chi connectivity index (χ4v) is 6.15. The third kappa shape index (κ3) is 3.03. The van der Waals surface area contributed by atoms with Gasteiger partial charge in [0, 0.05) is 22.2 Å². The van der Waals surface area contributed by atoms with Crippen LogP contribution in [0.1, 0.15) is 32.5 Å². The molecule has 6 heteroatoms. The predicted molar refractivity (Wildman–Crippen MR) is 115 cm³/mol. The van der Waals surface area contributed by atoms with Gasteiger partial charge in [-0.3, -0.25) is 9.59 Å². The molecule has 2 aliphatic heterocycles. The van der Waals surface area contributed by atoms with Crippen LogP contribution in [0.25, 0.3) is 6.08 Å². The van der Waals surface area contributed by atoms with E-state index in [0.717, 1.165) is 16.2 Å². The zero-order valence-corrected chi connectivity index (χ0v) is 17.2. The Morgan fingerprint density at radius 2 is 1.86 bits per heavy atom. The van der Waals surface area contributed by atoms with Crippen molar-refractivity contribution in [1.82, 2.24) is 4.90 Å². The molecule has 1 N–H and O–H groups in total. The van der Waals surface area contributed by atoms with E-state index in [2.05, 4.69) is 12.1 Å². The monoisotopic (exact) mass is 421 g/mol. The normalized spacial score (nSPS) is 25.0. The molecule has 0 saturated carbocycles. The lowest BCUT2D eigenvalue weighted by molar-refractivity contribution is -0.129. The van der Waals surface area contributed by atoms with E-state index < -0.39 is 5.92 Å². The summed E-state index contributed by atoms with van der Waals surface area (Å²) in [5.74, 6) is -1.54. The number of benzene rings is 1. The minimum atomic E-state index is -0.806. The highest BCUT2D eigenvalue weighted by atomic mass is 32.1. The van der Waals surface area contributed by atoms with Crippen LogP contribution in [0.4, 0.5) is 0 Å². The van der Waals surface area contributed by atoms with Gasteiger partial charge < -0.3 is 10.0 Å². The Kier molecular flexibility index (Phi) is 4.60. The van der Waals surface area contributed by atoms with E-state index in [1.165, 1.54) is 11.6 Å². The molecule has 4 heterocycles. The van der Waals surface area contributed by atoms with Gasteiger partial charge >= 0.3 is 0 Å². The lowest BCUT2D eigenvalue weighted by Gasteiger charge is -2.22. The first-order valence-electron chi connectivity index (χ1n) is 9.55. The van der Waals surface area contributed by atoms with Gasteiger partial charge in [-0.15, -0.1) is 22.7 Å². The topological polar surface area (TPSA) is 57.6 Å². The lowest BCUT2D eigenvalue weighted by Crippen LogP contribution is -2.31. The first kappa shape index (κ1) is 18.3. The molecule has 0 bridgehead atoms. The van der Waals surface area contributed by atoms with Crippen molar-refractivity contribution in [2.24, 2.45) is 5.92 Å². The number of fused-ring (bicyclic) bond motifs is 1. The zero-order valence-electron chi connectivity index (χ0n) is 15.5. The van der Waals surface area contributed by atoms with Crippen LogP contribution in [-0.2, 0) is 4.79 Å². The third-order valence-electron chi connectivity index (χ3n) is 5.80. The van der Waals surface area contributed by atoms with Gasteiger partial charge in [0.15, 0.2) is 5.78 Å². The highest BCUT2D eigenvalue weighted by molar-refractivity contribution is 7.11. The molecule has 0 unspecified atom stereocenters. The summed E-state index contributed by atoms with van der Waals surface area (Å²) in [6.45, 7) is 0.632. The molecule has 3 atom stereocenters. The largest absolute Gasteiger partial charge is 0.507 e. The van der Waals surface area contributed by atoms with Crippen molar-refractivity contribution in [2.45, 2.75) is 18.4 Å². The summed E-state index contributed by atoms with van der Waals surface area (Å²) in [5.41, 5.74) is 1.42. The van der Waals surface area contributed by atoms with Crippen LogP contribution in [0.15, 0.2) is 64.9 Å². The van der Waals surface area contributed by atoms with Crippen molar-refractivity contribution in [1.29, 1.82) is 0 Å². The SMILES string of the molecule is O=C(c1ccccc1O)[C@H]1C(=O)N2CC/C(=C\c3cccs3)[C@H]2[C@@H]1c1cccs1.